The number of hydrogen-bond acceptors (Lipinski definition) is 4. The Morgan fingerprint density at radius 2 is 1.67 bits per heavy atom. The molecule has 1 saturated carbocycles. The van der Waals surface area contributed by atoms with E-state index in [1.165, 1.54) is 0 Å². The van der Waals surface area contributed by atoms with Gasteiger partial charge in [-0.05, 0) is 31.6 Å². The van der Waals surface area contributed by atoms with E-state index < -0.39 is 0 Å². The fraction of sp³-hybridized carbons (Fsp3) is 0.750. The summed E-state index contributed by atoms with van der Waals surface area (Å²) in [5, 5.41) is 3.10. The van der Waals surface area contributed by atoms with E-state index in [0.29, 0.717) is 12.5 Å². The van der Waals surface area contributed by atoms with Crippen molar-refractivity contribution in [3.05, 3.63) is 14.9 Å². The van der Waals surface area contributed by atoms with Crippen LogP contribution < -0.4 is 5.32 Å². The molecule has 3 fully saturated rings. The molecule has 2 aliphatic heterocycles. The first-order valence-corrected chi connectivity index (χ1v) is 9.32. The van der Waals surface area contributed by atoms with Crippen molar-refractivity contribution in [2.75, 3.05) is 39.3 Å². The summed E-state index contributed by atoms with van der Waals surface area (Å²) in [7, 11) is 0. The number of rotatable bonds is 4. The minimum Gasteiger partial charge on any atom is -0.542 e. The van der Waals surface area contributed by atoms with Crippen LogP contribution in [0, 0.1) is 32.6 Å². The van der Waals surface area contributed by atoms with Crippen LogP contribution in [0.3, 0.4) is 0 Å². The van der Waals surface area contributed by atoms with E-state index in [2.05, 4.69) is 11.6 Å². The monoisotopic (exact) mass is 548 g/mol. The van der Waals surface area contributed by atoms with Gasteiger partial charge in [0, 0.05) is 59.7 Å². The summed E-state index contributed by atoms with van der Waals surface area (Å²) in [5.74, 6) is 1.12. The molecule has 7 heteroatoms. The van der Waals surface area contributed by atoms with E-state index in [0.717, 1.165) is 71.2 Å². The predicted octanol–water partition coefficient (Wildman–Crippen LogP) is 1.47. The fourth-order valence-corrected chi connectivity index (χ4v) is 4.20. The van der Waals surface area contributed by atoms with Crippen molar-refractivity contribution in [3.8, 4) is 0 Å². The molecule has 6 nitrogen and oxygen atoms in total. The normalized spacial score (nSPS) is 26.3. The van der Waals surface area contributed by atoms with E-state index >= 15 is 0 Å². The molecule has 1 N–H and O–H groups in total. The van der Waals surface area contributed by atoms with E-state index in [4.69, 9.17) is 0 Å². The number of nitrogens with one attached hydrogen (secondary N) is 1. The molecule has 2 amide bonds. The summed E-state index contributed by atoms with van der Waals surface area (Å²) >= 11 is 0. The topological polar surface area (TPSA) is 69.7 Å². The van der Waals surface area contributed by atoms with Gasteiger partial charge >= 0.3 is 0 Å². The van der Waals surface area contributed by atoms with E-state index in [1.807, 2.05) is 9.80 Å². The Hall–Kier alpha value is -0.742. The van der Waals surface area contributed by atoms with Gasteiger partial charge in [-0.3, -0.25) is 15.9 Å². The van der Waals surface area contributed by atoms with Crippen LogP contribution in [0.4, 0.5) is 0 Å². The van der Waals surface area contributed by atoms with Gasteiger partial charge in [-0.15, -0.1) is 5.92 Å². The quantitative estimate of drug-likeness (QED) is 0.541. The molecular weight excluding hydrogens is 514 g/mol. The maximum Gasteiger partial charge on any atom is 0.236 e. The number of piperazine rings is 1. The number of likely N-dealkylation sites (tertiary alicyclic amines) is 1. The first-order valence-electron chi connectivity index (χ1n) is 9.32. The molecule has 0 spiro atoms. The molecule has 0 aromatic carbocycles. The van der Waals surface area contributed by atoms with Gasteiger partial charge in [0.2, 0.25) is 11.8 Å². The minimum atomic E-state index is 0. The average molecular weight is 548 g/mol. The average Bonchev–Trinajstić information content (AvgIpc) is 2.64. The van der Waals surface area contributed by atoms with Gasteiger partial charge in [-0.2, -0.15) is 0 Å². The van der Waals surface area contributed by atoms with Gasteiger partial charge in [0.1, 0.15) is 0 Å². The molecule has 0 aromatic heterocycles. The first-order chi connectivity index (χ1) is 11.7. The Balaban J connectivity index is 0.00000225. The van der Waals surface area contributed by atoms with Crippen molar-refractivity contribution in [1.29, 1.82) is 0 Å². The zero-order chi connectivity index (χ0) is 16.9. The van der Waals surface area contributed by atoms with Crippen LogP contribution in [-0.4, -0.2) is 67.2 Å². The molecule has 3 rings (SSSR count). The molecule has 2 heterocycles. The zero-order valence-corrected chi connectivity index (χ0v) is 19.7. The van der Waals surface area contributed by atoms with Gasteiger partial charge in [0.15, 0.2) is 0 Å². The number of nitrogens with zero attached hydrogens (tertiary/aromatic N) is 2. The third-order valence-corrected chi connectivity index (χ3v) is 5.84. The van der Waals surface area contributed by atoms with Crippen LogP contribution in [0.2, 0.25) is 0 Å². The van der Waals surface area contributed by atoms with Crippen molar-refractivity contribution >= 4 is 18.1 Å². The second-order valence-electron chi connectivity index (χ2n) is 7.45. The van der Waals surface area contributed by atoms with Crippen molar-refractivity contribution in [2.24, 2.45) is 17.8 Å². The Morgan fingerprint density at radius 1 is 1.04 bits per heavy atom. The standard InChI is InChI=1S/C18H28N3O3.2CH3.W/c22-13-15-1-3-16(4-2-15)18(24)20-8-5-14(6-9-20)12-21-10-7-19-11-17(21)23;;;/h14-16,19H,1-12H2;2*1H3;/q3*-1;. The van der Waals surface area contributed by atoms with Crippen molar-refractivity contribution in [1.82, 2.24) is 15.1 Å². The molecule has 2 saturated heterocycles. The van der Waals surface area contributed by atoms with Gasteiger partial charge in [-0.1, -0.05) is 12.8 Å². The second kappa shape index (κ2) is 12.7. The number of hydrogen-bond donors (Lipinski definition) is 1. The SMILES string of the molecule is O=[C-]C1CCC(C(=O)N2CCC(CN3CCNCC3=O)CC2)CC1.[CH3-].[CH3-].[W]. The molecule has 156 valence electrons. The molecule has 3 aliphatic rings. The summed E-state index contributed by atoms with van der Waals surface area (Å²) in [5.41, 5.74) is 0. The number of amides is 2. The van der Waals surface area contributed by atoms with Crippen molar-refractivity contribution in [2.45, 2.75) is 38.5 Å². The Kier molecular flexibility index (Phi) is 12.3. The summed E-state index contributed by atoms with van der Waals surface area (Å²) in [6.07, 6.45) is 7.32. The molecule has 1 aliphatic carbocycles. The van der Waals surface area contributed by atoms with E-state index in [1.54, 1.807) is 0 Å². The maximum absolute atomic E-state index is 12.7. The number of carbonyl (C=O) groups is 2. The smallest absolute Gasteiger partial charge is 0.236 e. The first kappa shape index (κ1) is 26.3. The third kappa shape index (κ3) is 6.98. The molecule has 27 heavy (non-hydrogen) atoms. The third-order valence-electron chi connectivity index (χ3n) is 5.84. The summed E-state index contributed by atoms with van der Waals surface area (Å²) in [4.78, 5) is 39.2. The van der Waals surface area contributed by atoms with Crippen molar-refractivity contribution < 1.29 is 35.4 Å². The predicted molar refractivity (Wildman–Crippen MR) is 103 cm³/mol. The Morgan fingerprint density at radius 3 is 2.22 bits per heavy atom. The van der Waals surface area contributed by atoms with Crippen LogP contribution in [0.1, 0.15) is 38.5 Å². The molecule has 0 unspecified atom stereocenters. The summed E-state index contributed by atoms with van der Waals surface area (Å²) in [6.45, 7) is 4.59. The van der Waals surface area contributed by atoms with E-state index in [9.17, 15) is 14.4 Å². The van der Waals surface area contributed by atoms with Crippen LogP contribution in [0.25, 0.3) is 0 Å². The molecule has 0 aromatic rings. The van der Waals surface area contributed by atoms with Crippen LogP contribution in [0.15, 0.2) is 0 Å². The van der Waals surface area contributed by atoms with Gasteiger partial charge in [-0.25, -0.2) is 0 Å². The van der Waals surface area contributed by atoms with Gasteiger partial charge < -0.3 is 34.8 Å². The van der Waals surface area contributed by atoms with Gasteiger partial charge in [0.25, 0.3) is 0 Å². The largest absolute Gasteiger partial charge is 0.542 e. The Labute approximate surface area is 179 Å². The molecular formula is C20H34N3O3W-3. The fourth-order valence-electron chi connectivity index (χ4n) is 4.20. The van der Waals surface area contributed by atoms with Gasteiger partial charge in [0.05, 0.1) is 6.54 Å². The van der Waals surface area contributed by atoms with Crippen LogP contribution >= 0.6 is 0 Å². The minimum absolute atomic E-state index is 0. The zero-order valence-electron chi connectivity index (χ0n) is 16.7. The molecule has 0 bridgehead atoms. The maximum atomic E-state index is 12.7. The number of piperidine rings is 1. The van der Waals surface area contributed by atoms with Crippen LogP contribution in [-0.2, 0) is 35.4 Å². The molecule has 0 radical (unpaired) electrons. The van der Waals surface area contributed by atoms with E-state index in [-0.39, 0.29) is 59.6 Å². The number of carbonyl (C=O) groups excluding carboxylic acids is 3. The Bertz CT molecular complexity index is 473. The summed E-state index contributed by atoms with van der Waals surface area (Å²) < 4.78 is 0. The summed E-state index contributed by atoms with van der Waals surface area (Å²) in [6, 6.07) is 0. The van der Waals surface area contributed by atoms with Crippen LogP contribution in [0.5, 0.6) is 0 Å². The molecule has 0 atom stereocenters. The second-order valence-corrected chi connectivity index (χ2v) is 7.45. The van der Waals surface area contributed by atoms with Crippen molar-refractivity contribution in [3.63, 3.8) is 0 Å².